The average Bonchev–Trinajstić information content (AvgIpc) is 2.50. The van der Waals surface area contributed by atoms with Crippen LogP contribution in [0.1, 0.15) is 24.8 Å². The quantitative estimate of drug-likeness (QED) is 0.794. The van der Waals surface area contributed by atoms with Gasteiger partial charge in [-0.3, -0.25) is 9.59 Å². The van der Waals surface area contributed by atoms with Crippen molar-refractivity contribution in [3.8, 4) is 0 Å². The summed E-state index contributed by atoms with van der Waals surface area (Å²) in [7, 11) is 0. The van der Waals surface area contributed by atoms with Crippen LogP contribution in [0.2, 0.25) is 0 Å². The molecule has 1 saturated heterocycles. The summed E-state index contributed by atoms with van der Waals surface area (Å²) in [4.78, 5) is 23.6. The van der Waals surface area contributed by atoms with Gasteiger partial charge in [0.15, 0.2) is 5.78 Å². The van der Waals surface area contributed by atoms with Gasteiger partial charge >= 0.3 is 0 Å². The van der Waals surface area contributed by atoms with Gasteiger partial charge in [-0.2, -0.15) is 0 Å². The highest BCUT2D eigenvalue weighted by atomic mass is 35.5. The second-order valence-corrected chi connectivity index (χ2v) is 5.42. The zero-order valence-electron chi connectivity index (χ0n) is 12.5. The first-order valence-corrected chi connectivity index (χ1v) is 7.34. The van der Waals surface area contributed by atoms with Crippen LogP contribution in [0.4, 0.5) is 0 Å². The van der Waals surface area contributed by atoms with Gasteiger partial charge in [0, 0.05) is 12.5 Å². The number of hydrogen-bond donors (Lipinski definition) is 2. The number of rotatable bonds is 7. The molecule has 0 saturated carbocycles. The normalized spacial score (nSPS) is 19.0. The van der Waals surface area contributed by atoms with Gasteiger partial charge in [0.25, 0.3) is 0 Å². The van der Waals surface area contributed by atoms with Crippen LogP contribution in [0.25, 0.3) is 0 Å². The summed E-state index contributed by atoms with van der Waals surface area (Å²) in [6.07, 6.45) is 2.15. The van der Waals surface area contributed by atoms with Crippen LogP contribution in [0, 0.1) is 5.92 Å². The fourth-order valence-corrected chi connectivity index (χ4v) is 2.45. The van der Waals surface area contributed by atoms with Gasteiger partial charge < -0.3 is 15.8 Å². The molecule has 1 heterocycles. The number of benzene rings is 1. The number of Topliss-reactive ketones (excluding diaryl/α,β-unsaturated/α-hetero) is 1. The molecule has 2 atom stereocenters. The third-order valence-electron chi connectivity index (χ3n) is 3.71. The van der Waals surface area contributed by atoms with E-state index in [0.29, 0.717) is 13.0 Å². The molecular formula is C16H23ClN2O3. The predicted octanol–water partition coefficient (Wildman–Crippen LogP) is 1.44. The Kier molecular flexibility index (Phi) is 8.09. The molecule has 0 unspecified atom stereocenters. The van der Waals surface area contributed by atoms with Crippen molar-refractivity contribution in [2.24, 2.45) is 11.7 Å². The second-order valence-electron chi connectivity index (χ2n) is 5.42. The molecule has 5 nitrogen and oxygen atoms in total. The Morgan fingerprint density at radius 3 is 2.77 bits per heavy atom. The molecule has 122 valence electrons. The lowest BCUT2D eigenvalue weighted by Crippen LogP contribution is -2.42. The number of ether oxygens (including phenoxy) is 1. The van der Waals surface area contributed by atoms with Crippen molar-refractivity contribution in [1.82, 2.24) is 5.32 Å². The Hall–Kier alpha value is -1.43. The number of amides is 1. The van der Waals surface area contributed by atoms with E-state index in [9.17, 15) is 9.59 Å². The molecule has 1 aromatic carbocycles. The predicted molar refractivity (Wildman–Crippen MR) is 86.7 cm³/mol. The lowest BCUT2D eigenvalue weighted by molar-refractivity contribution is -0.128. The molecule has 0 spiro atoms. The summed E-state index contributed by atoms with van der Waals surface area (Å²) >= 11 is 0. The van der Waals surface area contributed by atoms with Crippen molar-refractivity contribution < 1.29 is 14.3 Å². The fourth-order valence-electron chi connectivity index (χ4n) is 2.45. The fraction of sp³-hybridized carbons (Fsp3) is 0.500. The standard InChI is InChI=1S/C16H22N2O3.ClH/c17-14(9-13-7-4-8-18-16(13)20)15(19)11-21-10-12-5-2-1-3-6-12;/h1-3,5-6,13-14H,4,7-11,17H2,(H,18,20);1H/t13-,14-;/m0./s1. The highest BCUT2D eigenvalue weighted by molar-refractivity contribution is 5.86. The number of piperidine rings is 1. The van der Waals surface area contributed by atoms with E-state index in [1.165, 1.54) is 0 Å². The van der Waals surface area contributed by atoms with Gasteiger partial charge in [-0.25, -0.2) is 0 Å². The Morgan fingerprint density at radius 2 is 2.09 bits per heavy atom. The molecule has 1 aliphatic heterocycles. The zero-order valence-corrected chi connectivity index (χ0v) is 13.3. The van der Waals surface area contributed by atoms with Crippen LogP contribution in [0.5, 0.6) is 0 Å². The van der Waals surface area contributed by atoms with E-state index < -0.39 is 6.04 Å². The minimum atomic E-state index is -0.630. The average molecular weight is 327 g/mol. The summed E-state index contributed by atoms with van der Waals surface area (Å²) in [5, 5.41) is 2.80. The van der Waals surface area contributed by atoms with Crippen LogP contribution < -0.4 is 11.1 Å². The highest BCUT2D eigenvalue weighted by Crippen LogP contribution is 2.17. The van der Waals surface area contributed by atoms with E-state index >= 15 is 0 Å². The van der Waals surface area contributed by atoms with Crippen LogP contribution >= 0.6 is 12.4 Å². The Bertz CT molecular complexity index is 482. The van der Waals surface area contributed by atoms with Crippen molar-refractivity contribution in [2.75, 3.05) is 13.2 Å². The topological polar surface area (TPSA) is 81.4 Å². The van der Waals surface area contributed by atoms with E-state index in [1.54, 1.807) is 0 Å². The maximum atomic E-state index is 11.9. The molecule has 3 N–H and O–H groups in total. The van der Waals surface area contributed by atoms with Gasteiger partial charge in [0.1, 0.15) is 6.61 Å². The molecule has 0 aliphatic carbocycles. The molecule has 1 aliphatic rings. The number of ketones is 1. The Morgan fingerprint density at radius 1 is 1.36 bits per heavy atom. The number of hydrogen-bond acceptors (Lipinski definition) is 4. The molecule has 1 fully saturated rings. The number of carbonyl (C=O) groups excluding carboxylic acids is 2. The molecule has 0 radical (unpaired) electrons. The van der Waals surface area contributed by atoms with Crippen LogP contribution in [-0.2, 0) is 20.9 Å². The van der Waals surface area contributed by atoms with Gasteiger partial charge in [0.2, 0.25) is 5.91 Å². The van der Waals surface area contributed by atoms with Crippen molar-refractivity contribution in [3.63, 3.8) is 0 Å². The van der Waals surface area contributed by atoms with E-state index in [0.717, 1.165) is 24.9 Å². The summed E-state index contributed by atoms with van der Waals surface area (Å²) in [5.41, 5.74) is 6.90. The van der Waals surface area contributed by atoms with Crippen LogP contribution in [0.15, 0.2) is 30.3 Å². The summed E-state index contributed by atoms with van der Waals surface area (Å²) in [6.45, 7) is 1.10. The van der Waals surface area contributed by atoms with Gasteiger partial charge in [-0.15, -0.1) is 12.4 Å². The first-order valence-electron chi connectivity index (χ1n) is 7.34. The minimum Gasteiger partial charge on any atom is -0.369 e. The van der Waals surface area contributed by atoms with Crippen molar-refractivity contribution >= 4 is 24.1 Å². The molecule has 0 bridgehead atoms. The summed E-state index contributed by atoms with van der Waals surface area (Å²) < 4.78 is 5.39. The van der Waals surface area contributed by atoms with Gasteiger partial charge in [-0.05, 0) is 24.8 Å². The second kappa shape index (κ2) is 9.56. The van der Waals surface area contributed by atoms with Crippen LogP contribution in [-0.4, -0.2) is 30.9 Å². The first-order chi connectivity index (χ1) is 10.2. The summed E-state index contributed by atoms with van der Waals surface area (Å²) in [6, 6.07) is 9.03. The Balaban J connectivity index is 0.00000242. The van der Waals surface area contributed by atoms with E-state index in [4.69, 9.17) is 10.5 Å². The maximum Gasteiger partial charge on any atom is 0.223 e. The number of halogens is 1. The zero-order chi connectivity index (χ0) is 15.1. The smallest absolute Gasteiger partial charge is 0.223 e. The highest BCUT2D eigenvalue weighted by Gasteiger charge is 2.26. The van der Waals surface area contributed by atoms with Gasteiger partial charge in [-0.1, -0.05) is 30.3 Å². The van der Waals surface area contributed by atoms with Crippen LogP contribution in [0.3, 0.4) is 0 Å². The van der Waals surface area contributed by atoms with Crippen molar-refractivity contribution in [3.05, 3.63) is 35.9 Å². The van der Waals surface area contributed by atoms with E-state index in [1.807, 2.05) is 30.3 Å². The van der Waals surface area contributed by atoms with Gasteiger partial charge in [0.05, 0.1) is 12.6 Å². The molecular weight excluding hydrogens is 304 g/mol. The summed E-state index contributed by atoms with van der Waals surface area (Å²) in [5.74, 6) is -0.286. The molecule has 0 aromatic heterocycles. The number of nitrogens with one attached hydrogen (secondary N) is 1. The largest absolute Gasteiger partial charge is 0.369 e. The molecule has 2 rings (SSSR count). The SMILES string of the molecule is Cl.N[C@@H](C[C@@H]1CCCNC1=O)C(=O)COCc1ccccc1. The lowest BCUT2D eigenvalue weighted by atomic mass is 9.90. The third kappa shape index (κ3) is 5.75. The lowest BCUT2D eigenvalue weighted by Gasteiger charge is -2.23. The number of carbonyl (C=O) groups is 2. The molecule has 6 heteroatoms. The molecule has 1 aromatic rings. The third-order valence-corrected chi connectivity index (χ3v) is 3.71. The van der Waals surface area contributed by atoms with Crippen molar-refractivity contribution in [1.29, 1.82) is 0 Å². The Labute approximate surface area is 137 Å². The van der Waals surface area contributed by atoms with Crippen molar-refractivity contribution in [2.45, 2.75) is 31.9 Å². The molecule has 22 heavy (non-hydrogen) atoms. The molecule has 1 amide bonds. The van der Waals surface area contributed by atoms with E-state index in [2.05, 4.69) is 5.32 Å². The first kappa shape index (κ1) is 18.6. The number of nitrogens with two attached hydrogens (primary N) is 1. The van der Waals surface area contributed by atoms with E-state index in [-0.39, 0.29) is 36.6 Å². The minimum absolute atomic E-state index is 0. The maximum absolute atomic E-state index is 11.9. The monoisotopic (exact) mass is 326 g/mol.